The van der Waals surface area contributed by atoms with Gasteiger partial charge < -0.3 is 20.0 Å². The molecule has 7 heteroatoms. The topological polar surface area (TPSA) is 58.3 Å². The third kappa shape index (κ3) is 7.08. The summed E-state index contributed by atoms with van der Waals surface area (Å²) >= 11 is 0. The van der Waals surface area contributed by atoms with E-state index in [-0.39, 0.29) is 29.7 Å². The molecule has 0 bridgehead atoms. The highest BCUT2D eigenvalue weighted by Gasteiger charge is 2.30. The van der Waals surface area contributed by atoms with Crippen LogP contribution in [0.4, 0.5) is 10.1 Å². The molecule has 0 unspecified atom stereocenters. The van der Waals surface area contributed by atoms with Crippen molar-refractivity contribution in [2.45, 2.75) is 52.6 Å². The first-order valence-corrected chi connectivity index (χ1v) is 10.9. The molecule has 0 aliphatic carbocycles. The third-order valence-corrected chi connectivity index (χ3v) is 6.02. The fourth-order valence-electron chi connectivity index (χ4n) is 3.90. The summed E-state index contributed by atoms with van der Waals surface area (Å²) in [4.78, 5) is 29.7. The second-order valence-electron chi connectivity index (χ2n) is 8.22. The van der Waals surface area contributed by atoms with Crippen LogP contribution in [0.1, 0.15) is 40.5 Å². The van der Waals surface area contributed by atoms with Crippen LogP contribution in [0.2, 0.25) is 0 Å². The van der Waals surface area contributed by atoms with E-state index in [1.54, 1.807) is 12.1 Å². The monoisotopic (exact) mass is 408 g/mol. The van der Waals surface area contributed by atoms with Gasteiger partial charge in [0, 0.05) is 17.8 Å². The second kappa shape index (κ2) is 11.3. The summed E-state index contributed by atoms with van der Waals surface area (Å²) in [5.74, 6) is -0.144. The van der Waals surface area contributed by atoms with E-state index in [9.17, 15) is 14.0 Å². The largest absolute Gasteiger partial charge is 0.332 e. The van der Waals surface area contributed by atoms with E-state index in [1.165, 1.54) is 21.9 Å². The van der Waals surface area contributed by atoms with Gasteiger partial charge in [0.1, 0.15) is 32.0 Å². The van der Waals surface area contributed by atoms with Gasteiger partial charge >= 0.3 is 0 Å². The molecule has 3 N–H and O–H groups in total. The number of piperazine rings is 1. The van der Waals surface area contributed by atoms with Crippen molar-refractivity contribution in [1.29, 1.82) is 0 Å². The smallest absolute Gasteiger partial charge is 0.279 e. The molecule has 2 amide bonds. The van der Waals surface area contributed by atoms with Crippen molar-refractivity contribution in [1.82, 2.24) is 4.90 Å². The van der Waals surface area contributed by atoms with Gasteiger partial charge in [0.25, 0.3) is 11.8 Å². The first kappa shape index (κ1) is 23.3. The molecular weight excluding hydrogens is 371 g/mol. The summed E-state index contributed by atoms with van der Waals surface area (Å²) in [6.07, 6.45) is 1.93. The lowest BCUT2D eigenvalue weighted by Gasteiger charge is -2.36. The van der Waals surface area contributed by atoms with E-state index in [2.05, 4.69) is 37.9 Å². The number of nitrogens with zero attached hydrogens (tertiary/aromatic N) is 1. The minimum atomic E-state index is -0.317. The Hall–Kier alpha value is -1.99. The van der Waals surface area contributed by atoms with Crippen LogP contribution in [0.15, 0.2) is 24.3 Å². The van der Waals surface area contributed by atoms with Crippen molar-refractivity contribution >= 4 is 17.5 Å². The molecule has 0 radical (unpaired) electrons. The summed E-state index contributed by atoms with van der Waals surface area (Å²) in [5.41, 5.74) is 0.612. The summed E-state index contributed by atoms with van der Waals surface area (Å²) in [6.45, 7) is 12.9. The second-order valence-corrected chi connectivity index (χ2v) is 8.22. The zero-order chi connectivity index (χ0) is 21.4. The van der Waals surface area contributed by atoms with Crippen molar-refractivity contribution in [2.75, 3.05) is 44.6 Å². The quantitative estimate of drug-likeness (QED) is 0.538. The maximum absolute atomic E-state index is 13.0. The van der Waals surface area contributed by atoms with E-state index in [0.29, 0.717) is 18.8 Å². The fourth-order valence-corrected chi connectivity index (χ4v) is 3.90. The molecule has 6 nitrogen and oxygen atoms in total. The minimum Gasteiger partial charge on any atom is -0.332 e. The first-order valence-electron chi connectivity index (χ1n) is 10.9. The SMILES string of the molecule is CC[C@@H](C)N(C(=O)C[NH+]1CC[NH+](CC(=O)Nc2ccc(F)cc2)CC1)[C@H](C)CC. The van der Waals surface area contributed by atoms with Gasteiger partial charge in [-0.15, -0.1) is 0 Å². The summed E-state index contributed by atoms with van der Waals surface area (Å²) in [6, 6.07) is 6.33. The average molecular weight is 409 g/mol. The molecule has 29 heavy (non-hydrogen) atoms. The van der Waals surface area contributed by atoms with Crippen LogP contribution in [-0.2, 0) is 9.59 Å². The van der Waals surface area contributed by atoms with Gasteiger partial charge in [0.2, 0.25) is 0 Å². The Bertz CT molecular complexity index is 649. The van der Waals surface area contributed by atoms with Gasteiger partial charge in [0.15, 0.2) is 13.1 Å². The Kier molecular flexibility index (Phi) is 9.04. The number of nitrogens with one attached hydrogen (secondary N) is 3. The third-order valence-electron chi connectivity index (χ3n) is 6.02. The van der Waals surface area contributed by atoms with Crippen LogP contribution >= 0.6 is 0 Å². The maximum Gasteiger partial charge on any atom is 0.279 e. The average Bonchev–Trinajstić information content (AvgIpc) is 2.71. The van der Waals surface area contributed by atoms with Gasteiger partial charge in [-0.2, -0.15) is 0 Å². The lowest BCUT2D eigenvalue weighted by molar-refractivity contribution is -1.00. The molecule has 162 valence electrons. The Balaban J connectivity index is 1.78. The predicted molar refractivity (Wildman–Crippen MR) is 113 cm³/mol. The Labute approximate surface area is 174 Å². The molecule has 1 saturated heterocycles. The van der Waals surface area contributed by atoms with E-state index in [0.717, 1.165) is 39.0 Å². The first-order chi connectivity index (χ1) is 13.8. The predicted octanol–water partition coefficient (Wildman–Crippen LogP) is -0.0268. The molecule has 0 spiro atoms. The van der Waals surface area contributed by atoms with Crippen molar-refractivity contribution in [3.63, 3.8) is 0 Å². The van der Waals surface area contributed by atoms with E-state index >= 15 is 0 Å². The van der Waals surface area contributed by atoms with E-state index < -0.39 is 0 Å². The summed E-state index contributed by atoms with van der Waals surface area (Å²) in [7, 11) is 0. The Morgan fingerprint density at radius 1 is 0.966 bits per heavy atom. The molecule has 0 aromatic heterocycles. The molecule has 1 aromatic rings. The summed E-state index contributed by atoms with van der Waals surface area (Å²) in [5, 5.41) is 2.82. The fraction of sp³-hybridized carbons (Fsp3) is 0.636. The van der Waals surface area contributed by atoms with Crippen molar-refractivity contribution in [2.24, 2.45) is 0 Å². The van der Waals surface area contributed by atoms with Gasteiger partial charge in [-0.3, -0.25) is 9.59 Å². The number of hydrogen-bond donors (Lipinski definition) is 3. The number of amides is 2. The molecule has 1 aromatic carbocycles. The number of quaternary nitrogens is 2. The molecule has 1 aliphatic rings. The number of halogens is 1. The molecule has 0 saturated carbocycles. The zero-order valence-electron chi connectivity index (χ0n) is 18.3. The van der Waals surface area contributed by atoms with Gasteiger partial charge in [-0.05, 0) is 51.0 Å². The van der Waals surface area contributed by atoms with E-state index in [4.69, 9.17) is 0 Å². The van der Waals surface area contributed by atoms with Crippen LogP contribution in [0.3, 0.4) is 0 Å². The standard InChI is InChI=1S/C22H35FN4O2/c1-5-17(3)27(18(4)6-2)22(29)16-26-13-11-25(12-14-26)15-21(28)24-20-9-7-19(23)8-10-20/h7-10,17-18H,5-6,11-16H2,1-4H3,(H,24,28)/p+2/t17-,18-/m1/s1. The molecular formula is C22H37FN4O2+2. The Morgan fingerprint density at radius 2 is 1.45 bits per heavy atom. The summed E-state index contributed by atoms with van der Waals surface area (Å²) < 4.78 is 13.0. The number of hydrogen-bond acceptors (Lipinski definition) is 2. The van der Waals surface area contributed by atoms with Crippen LogP contribution in [0.25, 0.3) is 0 Å². The number of anilines is 1. The van der Waals surface area contributed by atoms with Crippen LogP contribution in [0, 0.1) is 5.82 Å². The molecule has 1 fully saturated rings. The maximum atomic E-state index is 13.0. The highest BCUT2D eigenvalue weighted by Crippen LogP contribution is 2.11. The Morgan fingerprint density at radius 3 is 1.93 bits per heavy atom. The van der Waals surface area contributed by atoms with Crippen molar-refractivity contribution in [3.8, 4) is 0 Å². The van der Waals surface area contributed by atoms with Crippen molar-refractivity contribution < 1.29 is 23.8 Å². The number of benzene rings is 1. The van der Waals surface area contributed by atoms with Crippen molar-refractivity contribution in [3.05, 3.63) is 30.1 Å². The van der Waals surface area contributed by atoms with Crippen LogP contribution < -0.4 is 15.1 Å². The zero-order valence-corrected chi connectivity index (χ0v) is 18.3. The highest BCUT2D eigenvalue weighted by atomic mass is 19.1. The van der Waals surface area contributed by atoms with Gasteiger partial charge in [-0.25, -0.2) is 4.39 Å². The molecule has 1 aliphatic heterocycles. The number of carbonyl (C=O) groups excluding carboxylic acids is 2. The molecule has 2 rings (SSSR count). The lowest BCUT2D eigenvalue weighted by Crippen LogP contribution is -3.28. The number of rotatable bonds is 9. The number of carbonyl (C=O) groups is 2. The highest BCUT2D eigenvalue weighted by molar-refractivity contribution is 5.91. The van der Waals surface area contributed by atoms with Crippen LogP contribution in [-0.4, -0.2) is 68.1 Å². The molecule has 1 heterocycles. The lowest BCUT2D eigenvalue weighted by atomic mass is 10.1. The van der Waals surface area contributed by atoms with E-state index in [1.807, 2.05) is 0 Å². The van der Waals surface area contributed by atoms with Gasteiger partial charge in [0.05, 0.1) is 0 Å². The minimum absolute atomic E-state index is 0.0640. The molecule has 2 atom stereocenters. The van der Waals surface area contributed by atoms with Crippen LogP contribution in [0.5, 0.6) is 0 Å². The normalized spacial score (nSPS) is 21.3. The van der Waals surface area contributed by atoms with Gasteiger partial charge in [-0.1, -0.05) is 13.8 Å².